The second-order valence-corrected chi connectivity index (χ2v) is 6.11. The number of halogens is 1. The lowest BCUT2D eigenvalue weighted by Gasteiger charge is -2.24. The van der Waals surface area contributed by atoms with Gasteiger partial charge in [0.25, 0.3) is 0 Å². The van der Waals surface area contributed by atoms with Gasteiger partial charge < -0.3 is 9.64 Å². The van der Waals surface area contributed by atoms with Gasteiger partial charge in [0.2, 0.25) is 5.91 Å². The molecule has 1 aromatic carbocycles. The molecule has 2 aromatic rings. The smallest absolute Gasteiger partial charge is 0.249 e. The molecule has 0 saturated carbocycles. The number of aromatic nitrogens is 1. The molecule has 4 nitrogen and oxygen atoms in total. The Labute approximate surface area is 141 Å². The van der Waals surface area contributed by atoms with Crippen LogP contribution in [0.25, 0.3) is 11.1 Å². The molecular formula is C19H21FN2O2. The highest BCUT2D eigenvalue weighted by atomic mass is 19.1. The van der Waals surface area contributed by atoms with Gasteiger partial charge in [-0.05, 0) is 55.2 Å². The summed E-state index contributed by atoms with van der Waals surface area (Å²) in [4.78, 5) is 18.7. The first kappa shape index (κ1) is 16.6. The summed E-state index contributed by atoms with van der Waals surface area (Å²) in [5.74, 6) is -0.261. The normalized spacial score (nSPS) is 17.3. The van der Waals surface area contributed by atoms with E-state index in [1.54, 1.807) is 12.1 Å². The molecule has 0 unspecified atom stereocenters. The quantitative estimate of drug-likeness (QED) is 0.862. The number of pyridine rings is 1. The number of carbonyl (C=O) groups excluding carboxylic acids is 1. The zero-order valence-electron chi connectivity index (χ0n) is 14.0. The molecule has 126 valence electrons. The third-order valence-electron chi connectivity index (χ3n) is 4.33. The van der Waals surface area contributed by atoms with E-state index in [9.17, 15) is 9.18 Å². The van der Waals surface area contributed by atoms with Gasteiger partial charge in [-0.1, -0.05) is 12.1 Å². The highest BCUT2D eigenvalue weighted by Crippen LogP contribution is 2.33. The Morgan fingerprint density at radius 2 is 2.04 bits per heavy atom. The average molecular weight is 328 g/mol. The van der Waals surface area contributed by atoms with E-state index in [1.807, 2.05) is 24.0 Å². The van der Waals surface area contributed by atoms with Crippen molar-refractivity contribution in [2.24, 2.45) is 0 Å². The lowest BCUT2D eigenvalue weighted by Crippen LogP contribution is -2.33. The van der Waals surface area contributed by atoms with Crippen molar-refractivity contribution < 1.29 is 13.9 Å². The molecule has 5 heteroatoms. The second-order valence-electron chi connectivity index (χ2n) is 6.11. The molecule has 1 aliphatic heterocycles. The van der Waals surface area contributed by atoms with Crippen LogP contribution in [0.2, 0.25) is 0 Å². The first-order valence-electron chi connectivity index (χ1n) is 8.11. The maximum atomic E-state index is 13.2. The standard InChI is InChI=1S/C19H21FN2O2/c1-13-10-15(14-5-7-16(20)8-6-14)11-17(21-13)18-4-3-9-22(18)19(23)12-24-2/h5-8,10-11,18H,3-4,9,12H2,1-2H3/t18-/m1/s1. The molecule has 1 amide bonds. The summed E-state index contributed by atoms with van der Waals surface area (Å²) < 4.78 is 18.1. The van der Waals surface area contributed by atoms with Crippen molar-refractivity contribution in [3.8, 4) is 11.1 Å². The lowest BCUT2D eigenvalue weighted by molar-refractivity contribution is -0.136. The highest BCUT2D eigenvalue weighted by molar-refractivity contribution is 5.78. The molecule has 0 spiro atoms. The Morgan fingerprint density at radius 3 is 2.75 bits per heavy atom. The average Bonchev–Trinajstić information content (AvgIpc) is 3.05. The van der Waals surface area contributed by atoms with Gasteiger partial charge in [0.15, 0.2) is 0 Å². The summed E-state index contributed by atoms with van der Waals surface area (Å²) in [6.45, 7) is 2.76. The second kappa shape index (κ2) is 7.09. The summed E-state index contributed by atoms with van der Waals surface area (Å²) in [7, 11) is 1.53. The van der Waals surface area contributed by atoms with Crippen molar-refractivity contribution in [3.05, 3.63) is 53.6 Å². The summed E-state index contributed by atoms with van der Waals surface area (Å²) >= 11 is 0. The van der Waals surface area contributed by atoms with Gasteiger partial charge in [-0.2, -0.15) is 0 Å². The molecular weight excluding hydrogens is 307 g/mol. The molecule has 3 rings (SSSR count). The van der Waals surface area contributed by atoms with Crippen LogP contribution in [0.1, 0.15) is 30.3 Å². The number of amides is 1. The van der Waals surface area contributed by atoms with Crippen LogP contribution in [0.5, 0.6) is 0 Å². The van der Waals surface area contributed by atoms with Crippen molar-refractivity contribution in [2.75, 3.05) is 20.3 Å². The molecule has 0 aliphatic carbocycles. The number of benzene rings is 1. The van der Waals surface area contributed by atoms with Gasteiger partial charge in [-0.25, -0.2) is 4.39 Å². The molecule has 0 radical (unpaired) electrons. The largest absolute Gasteiger partial charge is 0.375 e. The molecule has 1 saturated heterocycles. The van der Waals surface area contributed by atoms with Crippen LogP contribution < -0.4 is 0 Å². The predicted octanol–water partition coefficient (Wildman–Crippen LogP) is 3.51. The van der Waals surface area contributed by atoms with E-state index in [4.69, 9.17) is 4.74 Å². The number of rotatable bonds is 4. The van der Waals surface area contributed by atoms with Crippen molar-refractivity contribution >= 4 is 5.91 Å². The van der Waals surface area contributed by atoms with Crippen LogP contribution >= 0.6 is 0 Å². The zero-order valence-corrected chi connectivity index (χ0v) is 14.0. The number of likely N-dealkylation sites (tertiary alicyclic amines) is 1. The minimum absolute atomic E-state index is 0.00774. The Bertz CT molecular complexity index is 731. The number of nitrogens with zero attached hydrogens (tertiary/aromatic N) is 2. The van der Waals surface area contributed by atoms with E-state index in [0.717, 1.165) is 41.9 Å². The van der Waals surface area contributed by atoms with E-state index in [1.165, 1.54) is 19.2 Å². The number of hydrogen-bond donors (Lipinski definition) is 0. The maximum Gasteiger partial charge on any atom is 0.249 e. The zero-order chi connectivity index (χ0) is 17.1. The van der Waals surface area contributed by atoms with Gasteiger partial charge >= 0.3 is 0 Å². The van der Waals surface area contributed by atoms with E-state index in [0.29, 0.717) is 0 Å². The molecule has 1 atom stereocenters. The fourth-order valence-corrected chi connectivity index (χ4v) is 3.25. The Kier molecular flexibility index (Phi) is 4.90. The van der Waals surface area contributed by atoms with Gasteiger partial charge in [0, 0.05) is 19.3 Å². The van der Waals surface area contributed by atoms with Gasteiger partial charge in [-0.3, -0.25) is 9.78 Å². The van der Waals surface area contributed by atoms with Gasteiger partial charge in [0.05, 0.1) is 11.7 Å². The minimum Gasteiger partial charge on any atom is -0.375 e. The molecule has 1 aliphatic rings. The fourth-order valence-electron chi connectivity index (χ4n) is 3.25. The first-order chi connectivity index (χ1) is 11.6. The Morgan fingerprint density at radius 1 is 1.29 bits per heavy atom. The lowest BCUT2D eigenvalue weighted by atomic mass is 10.0. The van der Waals surface area contributed by atoms with Crippen LogP contribution in [0.4, 0.5) is 4.39 Å². The minimum atomic E-state index is -0.253. The number of carbonyl (C=O) groups is 1. The third-order valence-corrected chi connectivity index (χ3v) is 4.33. The number of methoxy groups -OCH3 is 1. The van der Waals surface area contributed by atoms with Crippen molar-refractivity contribution in [2.45, 2.75) is 25.8 Å². The molecule has 2 heterocycles. The maximum absolute atomic E-state index is 13.2. The van der Waals surface area contributed by atoms with E-state index in [2.05, 4.69) is 4.98 Å². The monoisotopic (exact) mass is 328 g/mol. The summed E-state index contributed by atoms with van der Waals surface area (Å²) in [5.41, 5.74) is 3.70. The summed E-state index contributed by atoms with van der Waals surface area (Å²) in [6.07, 6.45) is 1.86. The van der Waals surface area contributed by atoms with Gasteiger partial charge in [-0.15, -0.1) is 0 Å². The third kappa shape index (κ3) is 3.46. The Hall–Kier alpha value is -2.27. The van der Waals surface area contributed by atoms with Crippen molar-refractivity contribution in [1.29, 1.82) is 0 Å². The van der Waals surface area contributed by atoms with Crippen molar-refractivity contribution in [3.63, 3.8) is 0 Å². The molecule has 1 aromatic heterocycles. The summed E-state index contributed by atoms with van der Waals surface area (Å²) in [5, 5.41) is 0. The Balaban J connectivity index is 1.93. The molecule has 0 N–H and O–H groups in total. The summed E-state index contributed by atoms with van der Waals surface area (Å²) in [6, 6.07) is 10.4. The van der Waals surface area contributed by atoms with Crippen LogP contribution in [0, 0.1) is 12.7 Å². The first-order valence-corrected chi connectivity index (χ1v) is 8.11. The highest BCUT2D eigenvalue weighted by Gasteiger charge is 2.31. The fraction of sp³-hybridized carbons (Fsp3) is 0.368. The van der Waals surface area contributed by atoms with Crippen LogP contribution in [0.15, 0.2) is 36.4 Å². The molecule has 1 fully saturated rings. The van der Waals surface area contributed by atoms with Crippen LogP contribution in [-0.2, 0) is 9.53 Å². The predicted molar refractivity (Wildman–Crippen MR) is 89.9 cm³/mol. The van der Waals surface area contributed by atoms with E-state index >= 15 is 0 Å². The van der Waals surface area contributed by atoms with Crippen molar-refractivity contribution in [1.82, 2.24) is 9.88 Å². The van der Waals surface area contributed by atoms with Crippen LogP contribution in [-0.4, -0.2) is 36.1 Å². The van der Waals surface area contributed by atoms with Gasteiger partial charge in [0.1, 0.15) is 12.4 Å². The van der Waals surface area contributed by atoms with E-state index < -0.39 is 0 Å². The van der Waals surface area contributed by atoms with Crippen LogP contribution in [0.3, 0.4) is 0 Å². The number of hydrogen-bond acceptors (Lipinski definition) is 3. The van der Waals surface area contributed by atoms with E-state index in [-0.39, 0.29) is 24.4 Å². The molecule has 0 bridgehead atoms. The SMILES string of the molecule is COCC(=O)N1CCC[C@@H]1c1cc(-c2ccc(F)cc2)cc(C)n1. The molecule has 24 heavy (non-hydrogen) atoms. The topological polar surface area (TPSA) is 42.4 Å². The number of ether oxygens (including phenoxy) is 1. The number of aryl methyl sites for hydroxylation is 1.